The topological polar surface area (TPSA) is 54.7 Å². The first-order valence-electron chi connectivity index (χ1n) is 6.06. The van der Waals surface area contributed by atoms with E-state index in [0.717, 1.165) is 5.69 Å². The molecule has 0 spiro atoms. The Morgan fingerprint density at radius 3 is 2.58 bits per heavy atom. The van der Waals surface area contributed by atoms with Crippen LogP contribution in [0.15, 0.2) is 18.2 Å². The van der Waals surface area contributed by atoms with Crippen molar-refractivity contribution in [2.45, 2.75) is 27.2 Å². The van der Waals surface area contributed by atoms with Crippen molar-refractivity contribution in [1.29, 1.82) is 0 Å². The molecule has 3 N–H and O–H groups in total. The van der Waals surface area contributed by atoms with E-state index >= 15 is 0 Å². The van der Waals surface area contributed by atoms with Crippen molar-refractivity contribution in [2.24, 2.45) is 5.41 Å². The predicted octanol–water partition coefficient (Wildman–Crippen LogP) is 4.04. The molecule has 0 unspecified atom stereocenters. The first-order chi connectivity index (χ1) is 8.79. The molecule has 3 nitrogen and oxygen atoms in total. The van der Waals surface area contributed by atoms with Gasteiger partial charge in [0.05, 0.1) is 10.6 Å². The second-order valence-corrected chi connectivity index (χ2v) is 6.20. The first kappa shape index (κ1) is 13.9. The molecule has 1 aromatic heterocycles. The Bertz CT molecular complexity index is 579. The molecule has 0 radical (unpaired) electrons. The Balaban J connectivity index is 2.59. The fraction of sp³-hybridized carbons (Fsp3) is 0.357. The van der Waals surface area contributed by atoms with Crippen LogP contribution >= 0.6 is 11.6 Å². The highest BCUT2D eigenvalue weighted by Crippen LogP contribution is 2.37. The molecule has 1 aromatic carbocycles. The number of nitrogens with two attached hydrogens (primary N) is 1. The highest BCUT2D eigenvalue weighted by molar-refractivity contribution is 6.33. The first-order valence-corrected chi connectivity index (χ1v) is 6.44. The SMILES string of the molecule is CC(C)(C)Cc1[nH]nc(N)c1-c1c(F)cccc1Cl. The molecule has 0 saturated heterocycles. The number of H-pyrrole nitrogens is 1. The molecule has 0 atom stereocenters. The van der Waals surface area contributed by atoms with Gasteiger partial charge in [-0.1, -0.05) is 38.4 Å². The summed E-state index contributed by atoms with van der Waals surface area (Å²) in [6.45, 7) is 6.28. The maximum Gasteiger partial charge on any atom is 0.153 e. The van der Waals surface area contributed by atoms with Crippen LogP contribution in [-0.4, -0.2) is 10.2 Å². The number of anilines is 1. The van der Waals surface area contributed by atoms with Gasteiger partial charge in [0.25, 0.3) is 0 Å². The number of halogens is 2. The molecule has 0 aliphatic rings. The third kappa shape index (κ3) is 2.89. The van der Waals surface area contributed by atoms with Gasteiger partial charge in [-0.2, -0.15) is 5.10 Å². The zero-order chi connectivity index (χ0) is 14.2. The summed E-state index contributed by atoms with van der Waals surface area (Å²) in [5.41, 5.74) is 7.58. The van der Waals surface area contributed by atoms with Gasteiger partial charge < -0.3 is 5.73 Å². The van der Waals surface area contributed by atoms with E-state index in [1.165, 1.54) is 6.07 Å². The third-order valence-electron chi connectivity index (χ3n) is 2.79. The summed E-state index contributed by atoms with van der Waals surface area (Å²) in [6, 6.07) is 4.59. The Kier molecular flexibility index (Phi) is 3.54. The zero-order valence-electron chi connectivity index (χ0n) is 11.2. The Morgan fingerprint density at radius 2 is 2.00 bits per heavy atom. The molecular weight excluding hydrogens is 265 g/mol. The van der Waals surface area contributed by atoms with E-state index in [9.17, 15) is 4.39 Å². The van der Waals surface area contributed by atoms with Crippen molar-refractivity contribution in [2.75, 3.05) is 5.73 Å². The average Bonchev–Trinajstić information content (AvgIpc) is 2.59. The molecule has 2 rings (SSSR count). The van der Waals surface area contributed by atoms with Crippen molar-refractivity contribution in [1.82, 2.24) is 10.2 Å². The van der Waals surface area contributed by atoms with Crippen LogP contribution in [-0.2, 0) is 6.42 Å². The molecule has 0 amide bonds. The van der Waals surface area contributed by atoms with E-state index in [2.05, 4.69) is 31.0 Å². The molecule has 5 heteroatoms. The van der Waals surface area contributed by atoms with Crippen LogP contribution < -0.4 is 5.73 Å². The lowest BCUT2D eigenvalue weighted by molar-refractivity contribution is 0.406. The summed E-state index contributed by atoms with van der Waals surface area (Å²) in [6.07, 6.45) is 0.706. The van der Waals surface area contributed by atoms with Crippen LogP contribution in [0.1, 0.15) is 26.5 Å². The van der Waals surface area contributed by atoms with E-state index in [-0.39, 0.29) is 11.2 Å². The molecule has 0 fully saturated rings. The number of nitrogens with zero attached hydrogens (tertiary/aromatic N) is 1. The fourth-order valence-electron chi connectivity index (χ4n) is 2.07. The summed E-state index contributed by atoms with van der Waals surface area (Å²) >= 11 is 6.10. The van der Waals surface area contributed by atoms with Crippen LogP contribution in [0.5, 0.6) is 0 Å². The number of nitrogen functional groups attached to an aromatic ring is 1. The number of aromatic amines is 1. The molecule has 19 heavy (non-hydrogen) atoms. The van der Waals surface area contributed by atoms with Gasteiger partial charge in [0.2, 0.25) is 0 Å². The van der Waals surface area contributed by atoms with Gasteiger partial charge in [-0.05, 0) is 24.0 Å². The van der Waals surface area contributed by atoms with Crippen molar-refractivity contribution in [3.05, 3.63) is 34.7 Å². The summed E-state index contributed by atoms with van der Waals surface area (Å²) in [4.78, 5) is 0. The number of hydrogen-bond donors (Lipinski definition) is 2. The van der Waals surface area contributed by atoms with Gasteiger partial charge >= 0.3 is 0 Å². The second-order valence-electron chi connectivity index (χ2n) is 5.80. The van der Waals surface area contributed by atoms with Gasteiger partial charge in [0.1, 0.15) is 5.82 Å². The van der Waals surface area contributed by atoms with Crippen LogP contribution in [0.3, 0.4) is 0 Å². The molecule has 102 valence electrons. The van der Waals surface area contributed by atoms with Gasteiger partial charge in [-0.15, -0.1) is 0 Å². The average molecular weight is 282 g/mol. The minimum absolute atomic E-state index is 0.0332. The normalized spacial score (nSPS) is 11.8. The zero-order valence-corrected chi connectivity index (χ0v) is 12.0. The van der Waals surface area contributed by atoms with Gasteiger partial charge in [0.15, 0.2) is 5.82 Å². The van der Waals surface area contributed by atoms with Crippen molar-refractivity contribution < 1.29 is 4.39 Å². The monoisotopic (exact) mass is 281 g/mol. The van der Waals surface area contributed by atoms with Crippen LogP contribution in [0.2, 0.25) is 5.02 Å². The maximum absolute atomic E-state index is 14.0. The maximum atomic E-state index is 14.0. The molecule has 0 aliphatic carbocycles. The molecule has 0 aliphatic heterocycles. The van der Waals surface area contributed by atoms with Crippen molar-refractivity contribution >= 4 is 17.4 Å². The molecular formula is C14H17ClFN3. The van der Waals surface area contributed by atoms with Crippen molar-refractivity contribution in [3.63, 3.8) is 0 Å². The second kappa shape index (κ2) is 4.85. The number of nitrogens with one attached hydrogen (secondary N) is 1. The minimum atomic E-state index is -0.393. The minimum Gasteiger partial charge on any atom is -0.382 e. The lowest BCUT2D eigenvalue weighted by Crippen LogP contribution is -2.10. The molecule has 0 bridgehead atoms. The Hall–Kier alpha value is -1.55. The predicted molar refractivity (Wildman–Crippen MR) is 76.6 cm³/mol. The Labute approximate surface area is 117 Å². The van der Waals surface area contributed by atoms with E-state index in [4.69, 9.17) is 17.3 Å². The fourth-order valence-corrected chi connectivity index (χ4v) is 2.33. The highest BCUT2D eigenvalue weighted by Gasteiger charge is 2.22. The molecule has 2 aromatic rings. The van der Waals surface area contributed by atoms with E-state index in [0.29, 0.717) is 22.6 Å². The largest absolute Gasteiger partial charge is 0.382 e. The number of aromatic nitrogens is 2. The molecule has 0 saturated carbocycles. The number of hydrogen-bond acceptors (Lipinski definition) is 2. The van der Waals surface area contributed by atoms with Crippen LogP contribution in [0.4, 0.5) is 10.2 Å². The lowest BCUT2D eigenvalue weighted by Gasteiger charge is -2.18. The van der Waals surface area contributed by atoms with E-state index < -0.39 is 5.82 Å². The number of benzene rings is 1. The summed E-state index contributed by atoms with van der Waals surface area (Å²) in [5, 5.41) is 7.21. The van der Waals surface area contributed by atoms with Crippen LogP contribution in [0, 0.1) is 11.2 Å². The summed E-state index contributed by atoms with van der Waals surface area (Å²) in [5.74, 6) is -0.123. The molecule has 1 heterocycles. The smallest absolute Gasteiger partial charge is 0.153 e. The lowest BCUT2D eigenvalue weighted by atomic mass is 9.88. The van der Waals surface area contributed by atoms with Gasteiger partial charge in [-0.3, -0.25) is 5.10 Å². The van der Waals surface area contributed by atoms with Gasteiger partial charge in [-0.25, -0.2) is 4.39 Å². The van der Waals surface area contributed by atoms with E-state index in [1.54, 1.807) is 12.1 Å². The Morgan fingerprint density at radius 1 is 1.32 bits per heavy atom. The third-order valence-corrected chi connectivity index (χ3v) is 3.10. The summed E-state index contributed by atoms with van der Waals surface area (Å²) < 4.78 is 14.0. The van der Waals surface area contributed by atoms with Crippen LogP contribution in [0.25, 0.3) is 11.1 Å². The van der Waals surface area contributed by atoms with Crippen molar-refractivity contribution in [3.8, 4) is 11.1 Å². The quantitative estimate of drug-likeness (QED) is 0.873. The highest BCUT2D eigenvalue weighted by atomic mass is 35.5. The van der Waals surface area contributed by atoms with Gasteiger partial charge in [0, 0.05) is 11.3 Å². The summed E-state index contributed by atoms with van der Waals surface area (Å²) in [7, 11) is 0. The van der Waals surface area contributed by atoms with E-state index in [1.807, 2.05) is 0 Å². The number of rotatable bonds is 2. The standard InChI is InChI=1S/C14H17ClFN3/c1-14(2,3)7-10-12(13(17)19-18-10)11-8(15)5-4-6-9(11)16/h4-6H,7H2,1-3H3,(H3,17,18,19).